The molecule has 0 N–H and O–H groups in total. The number of aryl methyl sites for hydroxylation is 1. The van der Waals surface area contributed by atoms with Crippen molar-refractivity contribution in [2.24, 2.45) is 0 Å². The van der Waals surface area contributed by atoms with E-state index in [0.29, 0.717) is 22.7 Å². The lowest BCUT2D eigenvalue weighted by Crippen LogP contribution is -2.03. The molecule has 0 bridgehead atoms. The van der Waals surface area contributed by atoms with E-state index in [1.54, 1.807) is 0 Å². The van der Waals surface area contributed by atoms with Crippen molar-refractivity contribution in [3.8, 4) is 11.5 Å². The van der Waals surface area contributed by atoms with Crippen molar-refractivity contribution in [2.45, 2.75) is 12.8 Å². The van der Waals surface area contributed by atoms with E-state index in [9.17, 15) is 4.79 Å². The predicted molar refractivity (Wildman–Crippen MR) is 69.3 cm³/mol. The SMILES string of the molecule is Cc1oc(-c2ccccc2)nc1C(C=O)CBr. The number of nitrogens with zero attached hydrogens (tertiary/aromatic N) is 1. The van der Waals surface area contributed by atoms with Gasteiger partial charge in [-0.1, -0.05) is 34.1 Å². The monoisotopic (exact) mass is 293 g/mol. The summed E-state index contributed by atoms with van der Waals surface area (Å²) in [5.74, 6) is 1.00. The predicted octanol–water partition coefficient (Wildman–Crippen LogP) is 3.33. The summed E-state index contributed by atoms with van der Waals surface area (Å²) < 4.78 is 5.59. The Kier molecular flexibility index (Phi) is 3.74. The largest absolute Gasteiger partial charge is 0.441 e. The Morgan fingerprint density at radius 2 is 2.12 bits per heavy atom. The van der Waals surface area contributed by atoms with Gasteiger partial charge in [-0.05, 0) is 19.1 Å². The molecule has 1 heterocycles. The molecule has 0 radical (unpaired) electrons. The molecule has 17 heavy (non-hydrogen) atoms. The van der Waals surface area contributed by atoms with Crippen molar-refractivity contribution in [1.29, 1.82) is 0 Å². The Morgan fingerprint density at radius 3 is 2.71 bits per heavy atom. The van der Waals surface area contributed by atoms with Gasteiger partial charge in [0.15, 0.2) is 0 Å². The Bertz CT molecular complexity index is 507. The summed E-state index contributed by atoms with van der Waals surface area (Å²) in [7, 11) is 0. The Balaban J connectivity index is 2.40. The number of carbonyl (C=O) groups excluding carboxylic acids is 1. The zero-order chi connectivity index (χ0) is 12.3. The topological polar surface area (TPSA) is 43.1 Å². The van der Waals surface area contributed by atoms with Gasteiger partial charge in [-0.3, -0.25) is 0 Å². The van der Waals surface area contributed by atoms with E-state index >= 15 is 0 Å². The maximum atomic E-state index is 10.9. The normalized spacial score (nSPS) is 12.4. The van der Waals surface area contributed by atoms with Crippen LogP contribution in [-0.2, 0) is 4.79 Å². The van der Waals surface area contributed by atoms with E-state index in [2.05, 4.69) is 20.9 Å². The molecule has 0 saturated carbocycles. The first-order chi connectivity index (χ1) is 8.26. The molecule has 88 valence electrons. The minimum absolute atomic E-state index is 0.254. The molecular weight excluding hydrogens is 282 g/mol. The number of hydrogen-bond acceptors (Lipinski definition) is 3. The van der Waals surface area contributed by atoms with Crippen molar-refractivity contribution in [3.63, 3.8) is 0 Å². The van der Waals surface area contributed by atoms with Crippen LogP contribution in [0.1, 0.15) is 17.4 Å². The molecule has 0 spiro atoms. The zero-order valence-corrected chi connectivity index (χ0v) is 11.0. The third-order valence-electron chi connectivity index (χ3n) is 2.53. The first-order valence-corrected chi connectivity index (χ1v) is 6.42. The number of alkyl halides is 1. The second-order valence-corrected chi connectivity index (χ2v) is 4.37. The van der Waals surface area contributed by atoms with Crippen LogP contribution in [0, 0.1) is 6.92 Å². The standard InChI is InChI=1S/C13H12BrNO2/c1-9-12(11(7-14)8-16)15-13(17-9)10-5-3-2-4-6-10/h2-6,8,11H,7H2,1H3. The summed E-state index contributed by atoms with van der Waals surface area (Å²) >= 11 is 3.30. The number of hydrogen-bond donors (Lipinski definition) is 0. The lowest BCUT2D eigenvalue weighted by atomic mass is 10.1. The van der Waals surface area contributed by atoms with Gasteiger partial charge in [0.05, 0.1) is 11.6 Å². The summed E-state index contributed by atoms with van der Waals surface area (Å²) in [4.78, 5) is 15.3. The number of rotatable bonds is 4. The van der Waals surface area contributed by atoms with E-state index in [0.717, 1.165) is 11.8 Å². The highest BCUT2D eigenvalue weighted by Crippen LogP contribution is 2.26. The molecule has 1 unspecified atom stereocenters. The highest BCUT2D eigenvalue weighted by molar-refractivity contribution is 9.09. The van der Waals surface area contributed by atoms with Crippen molar-refractivity contribution >= 4 is 22.2 Å². The lowest BCUT2D eigenvalue weighted by Gasteiger charge is -2.00. The van der Waals surface area contributed by atoms with E-state index < -0.39 is 0 Å². The third kappa shape index (κ3) is 2.47. The molecule has 4 heteroatoms. The highest BCUT2D eigenvalue weighted by atomic mass is 79.9. The Morgan fingerprint density at radius 1 is 1.41 bits per heavy atom. The molecule has 0 aliphatic carbocycles. The molecule has 2 rings (SSSR count). The maximum absolute atomic E-state index is 10.9. The van der Waals surface area contributed by atoms with Gasteiger partial charge >= 0.3 is 0 Å². The molecule has 1 atom stereocenters. The lowest BCUT2D eigenvalue weighted by molar-refractivity contribution is -0.108. The van der Waals surface area contributed by atoms with Crippen LogP contribution >= 0.6 is 15.9 Å². The Hall–Kier alpha value is -1.42. The van der Waals surface area contributed by atoms with E-state index in [1.807, 2.05) is 37.3 Å². The van der Waals surface area contributed by atoms with Crippen LogP contribution in [-0.4, -0.2) is 16.6 Å². The average molecular weight is 294 g/mol. The molecule has 0 saturated heterocycles. The van der Waals surface area contributed by atoms with Crippen LogP contribution in [0.15, 0.2) is 34.7 Å². The van der Waals surface area contributed by atoms with Gasteiger partial charge in [0.25, 0.3) is 0 Å². The summed E-state index contributed by atoms with van der Waals surface area (Å²) in [5, 5.41) is 0.554. The van der Waals surface area contributed by atoms with E-state index in [4.69, 9.17) is 4.42 Å². The number of oxazole rings is 1. The molecule has 2 aromatic rings. The van der Waals surface area contributed by atoms with Gasteiger partial charge in [0, 0.05) is 10.9 Å². The summed E-state index contributed by atoms with van der Waals surface area (Å²) in [6.45, 7) is 1.83. The molecule has 0 aliphatic heterocycles. The fraction of sp³-hybridized carbons (Fsp3) is 0.231. The summed E-state index contributed by atoms with van der Waals surface area (Å²) in [6, 6.07) is 9.65. The number of carbonyl (C=O) groups is 1. The van der Waals surface area contributed by atoms with Crippen LogP contribution in [0.3, 0.4) is 0 Å². The number of aldehydes is 1. The molecule has 0 amide bonds. The fourth-order valence-electron chi connectivity index (χ4n) is 1.63. The molecule has 1 aromatic heterocycles. The minimum atomic E-state index is -0.254. The minimum Gasteiger partial charge on any atom is -0.441 e. The van der Waals surface area contributed by atoms with Crippen molar-refractivity contribution in [3.05, 3.63) is 41.8 Å². The Labute approximate surface area is 108 Å². The summed E-state index contributed by atoms with van der Waals surface area (Å²) in [5.41, 5.74) is 1.62. The van der Waals surface area contributed by atoms with Crippen LogP contribution in [0.4, 0.5) is 0 Å². The first-order valence-electron chi connectivity index (χ1n) is 5.30. The number of aromatic nitrogens is 1. The average Bonchev–Trinajstić information content (AvgIpc) is 2.75. The smallest absolute Gasteiger partial charge is 0.226 e. The summed E-state index contributed by atoms with van der Waals surface area (Å²) in [6.07, 6.45) is 0.883. The molecule has 0 fully saturated rings. The fourth-order valence-corrected chi connectivity index (χ4v) is 2.09. The van der Waals surface area contributed by atoms with Crippen molar-refractivity contribution < 1.29 is 9.21 Å². The van der Waals surface area contributed by atoms with Gasteiger partial charge in [0.1, 0.15) is 12.0 Å². The third-order valence-corrected chi connectivity index (χ3v) is 3.23. The quantitative estimate of drug-likeness (QED) is 0.641. The second kappa shape index (κ2) is 5.27. The highest BCUT2D eigenvalue weighted by Gasteiger charge is 2.19. The maximum Gasteiger partial charge on any atom is 0.226 e. The van der Waals surface area contributed by atoms with Crippen LogP contribution in [0.25, 0.3) is 11.5 Å². The van der Waals surface area contributed by atoms with Gasteiger partial charge in [-0.25, -0.2) is 4.98 Å². The van der Waals surface area contributed by atoms with Gasteiger partial charge < -0.3 is 9.21 Å². The zero-order valence-electron chi connectivity index (χ0n) is 9.39. The molecule has 1 aromatic carbocycles. The second-order valence-electron chi connectivity index (χ2n) is 3.72. The van der Waals surface area contributed by atoms with Crippen LogP contribution in [0.2, 0.25) is 0 Å². The van der Waals surface area contributed by atoms with Crippen molar-refractivity contribution in [1.82, 2.24) is 4.98 Å². The van der Waals surface area contributed by atoms with Gasteiger partial charge in [-0.15, -0.1) is 0 Å². The molecular formula is C13H12BrNO2. The van der Waals surface area contributed by atoms with Crippen LogP contribution in [0.5, 0.6) is 0 Å². The first kappa shape index (κ1) is 12.0. The van der Waals surface area contributed by atoms with Gasteiger partial charge in [0.2, 0.25) is 5.89 Å². The van der Waals surface area contributed by atoms with E-state index in [1.165, 1.54) is 0 Å². The van der Waals surface area contributed by atoms with E-state index in [-0.39, 0.29) is 5.92 Å². The number of halogens is 1. The number of benzene rings is 1. The van der Waals surface area contributed by atoms with Crippen LogP contribution < -0.4 is 0 Å². The molecule has 3 nitrogen and oxygen atoms in total. The molecule has 0 aliphatic rings. The van der Waals surface area contributed by atoms with Crippen molar-refractivity contribution in [2.75, 3.05) is 5.33 Å². The van der Waals surface area contributed by atoms with Gasteiger partial charge in [-0.2, -0.15) is 0 Å².